The second-order valence-corrected chi connectivity index (χ2v) is 3.72. The Balaban J connectivity index is 1.98. The van der Waals surface area contributed by atoms with Gasteiger partial charge in [-0.25, -0.2) is 9.97 Å². The molecule has 2 rings (SSSR count). The Hall–Kier alpha value is -1.36. The van der Waals surface area contributed by atoms with E-state index in [-0.39, 0.29) is 0 Å². The van der Waals surface area contributed by atoms with Gasteiger partial charge in [-0.1, -0.05) is 6.92 Å². The summed E-state index contributed by atoms with van der Waals surface area (Å²) in [5, 5.41) is 0. The van der Waals surface area contributed by atoms with E-state index in [0.29, 0.717) is 5.95 Å². The molecule has 0 atom stereocenters. The number of anilines is 2. The fraction of sp³-hybridized carbons (Fsp3) is 0.600. The van der Waals surface area contributed by atoms with Crippen molar-refractivity contribution in [3.63, 3.8) is 0 Å². The summed E-state index contributed by atoms with van der Waals surface area (Å²) in [4.78, 5) is 12.7. The molecule has 0 aliphatic carbocycles. The van der Waals surface area contributed by atoms with Crippen molar-refractivity contribution in [2.24, 2.45) is 0 Å². The number of hydrogen-bond acceptors (Lipinski definition) is 5. The van der Waals surface area contributed by atoms with Crippen molar-refractivity contribution < 1.29 is 0 Å². The number of piperazine rings is 1. The predicted molar refractivity (Wildman–Crippen MR) is 60.8 cm³/mol. The number of nitrogens with zero attached hydrogens (tertiary/aromatic N) is 4. The van der Waals surface area contributed by atoms with Crippen LogP contribution in [0.2, 0.25) is 0 Å². The maximum absolute atomic E-state index is 5.45. The molecule has 0 spiro atoms. The molecule has 5 nitrogen and oxygen atoms in total. The van der Waals surface area contributed by atoms with Gasteiger partial charge in [0.15, 0.2) is 0 Å². The third-order valence-corrected chi connectivity index (χ3v) is 2.84. The van der Waals surface area contributed by atoms with E-state index in [0.717, 1.165) is 38.4 Å². The van der Waals surface area contributed by atoms with Crippen molar-refractivity contribution in [2.75, 3.05) is 43.4 Å². The van der Waals surface area contributed by atoms with Gasteiger partial charge in [-0.3, -0.25) is 0 Å². The van der Waals surface area contributed by atoms with Crippen LogP contribution < -0.4 is 10.6 Å². The van der Waals surface area contributed by atoms with Gasteiger partial charge in [0.25, 0.3) is 0 Å². The molecule has 1 aliphatic heterocycles. The average Bonchev–Trinajstić information content (AvgIpc) is 2.30. The van der Waals surface area contributed by atoms with Gasteiger partial charge >= 0.3 is 0 Å². The Kier molecular flexibility index (Phi) is 3.01. The van der Waals surface area contributed by atoms with Gasteiger partial charge in [0.05, 0.1) is 18.1 Å². The zero-order valence-electron chi connectivity index (χ0n) is 9.06. The minimum atomic E-state index is 0.339. The quantitative estimate of drug-likeness (QED) is 0.750. The molecule has 1 aliphatic rings. The lowest BCUT2D eigenvalue weighted by Crippen LogP contribution is -2.46. The second kappa shape index (κ2) is 4.44. The number of nitrogen functional groups attached to an aromatic ring is 1. The van der Waals surface area contributed by atoms with Crippen LogP contribution in [0.3, 0.4) is 0 Å². The maximum atomic E-state index is 5.45. The molecule has 0 amide bonds. The van der Waals surface area contributed by atoms with Crippen molar-refractivity contribution in [1.29, 1.82) is 0 Å². The van der Waals surface area contributed by atoms with Crippen LogP contribution in [0.1, 0.15) is 6.92 Å². The summed E-state index contributed by atoms with van der Waals surface area (Å²) in [7, 11) is 0. The van der Waals surface area contributed by atoms with E-state index < -0.39 is 0 Å². The largest absolute Gasteiger partial charge is 0.368 e. The normalized spacial score (nSPS) is 18.1. The molecule has 0 unspecified atom stereocenters. The fourth-order valence-corrected chi connectivity index (χ4v) is 1.82. The zero-order valence-corrected chi connectivity index (χ0v) is 9.06. The first-order valence-corrected chi connectivity index (χ1v) is 5.34. The van der Waals surface area contributed by atoms with Crippen molar-refractivity contribution in [1.82, 2.24) is 14.9 Å². The van der Waals surface area contributed by atoms with Gasteiger partial charge in [-0.2, -0.15) is 0 Å². The summed E-state index contributed by atoms with van der Waals surface area (Å²) in [6.07, 6.45) is 3.59. The molecule has 2 heterocycles. The molecule has 82 valence electrons. The maximum Gasteiger partial charge on any atom is 0.220 e. The molecule has 5 heteroatoms. The molecule has 15 heavy (non-hydrogen) atoms. The molecule has 0 bridgehead atoms. The van der Waals surface area contributed by atoms with E-state index in [1.54, 1.807) is 12.4 Å². The first-order chi connectivity index (χ1) is 7.29. The summed E-state index contributed by atoms with van der Waals surface area (Å²) in [5.74, 6) is 0.339. The first kappa shape index (κ1) is 10.2. The zero-order chi connectivity index (χ0) is 10.7. The highest BCUT2D eigenvalue weighted by molar-refractivity contribution is 5.44. The second-order valence-electron chi connectivity index (χ2n) is 3.72. The van der Waals surface area contributed by atoms with Crippen LogP contribution in [0.4, 0.5) is 11.6 Å². The van der Waals surface area contributed by atoms with Gasteiger partial charge in [-0.05, 0) is 6.54 Å². The van der Waals surface area contributed by atoms with Crippen LogP contribution in [0.5, 0.6) is 0 Å². The number of rotatable bonds is 2. The molecule has 0 radical (unpaired) electrons. The van der Waals surface area contributed by atoms with E-state index in [2.05, 4.69) is 26.7 Å². The highest BCUT2D eigenvalue weighted by Gasteiger charge is 2.15. The average molecular weight is 207 g/mol. The van der Waals surface area contributed by atoms with Crippen LogP contribution in [-0.2, 0) is 0 Å². The van der Waals surface area contributed by atoms with E-state index in [9.17, 15) is 0 Å². The van der Waals surface area contributed by atoms with Crippen LogP contribution in [-0.4, -0.2) is 47.6 Å². The Morgan fingerprint density at radius 1 is 1.20 bits per heavy atom. The van der Waals surface area contributed by atoms with Crippen LogP contribution in [0.15, 0.2) is 12.4 Å². The summed E-state index contributed by atoms with van der Waals surface area (Å²) in [6.45, 7) is 7.64. The Morgan fingerprint density at radius 3 is 2.33 bits per heavy atom. The van der Waals surface area contributed by atoms with Crippen LogP contribution >= 0.6 is 0 Å². The molecular formula is C10H17N5. The van der Waals surface area contributed by atoms with Crippen molar-refractivity contribution >= 4 is 11.6 Å². The van der Waals surface area contributed by atoms with E-state index in [4.69, 9.17) is 5.73 Å². The highest BCUT2D eigenvalue weighted by Crippen LogP contribution is 2.13. The molecule has 0 aromatic carbocycles. The number of aromatic nitrogens is 2. The standard InChI is InChI=1S/C10H17N5/c1-2-14-3-5-15(6-4-14)9-7-12-10(11)13-8-9/h7-8H,2-6H2,1H3,(H2,11,12,13). The van der Waals surface area contributed by atoms with E-state index in [1.807, 2.05) is 0 Å². The van der Waals surface area contributed by atoms with Gasteiger partial charge in [0, 0.05) is 26.2 Å². The molecular weight excluding hydrogens is 190 g/mol. The van der Waals surface area contributed by atoms with Gasteiger partial charge in [0.2, 0.25) is 5.95 Å². The Bertz CT molecular complexity index is 302. The molecule has 1 saturated heterocycles. The third-order valence-electron chi connectivity index (χ3n) is 2.84. The molecule has 1 aromatic rings. The Morgan fingerprint density at radius 2 is 1.80 bits per heavy atom. The molecule has 0 saturated carbocycles. The smallest absolute Gasteiger partial charge is 0.220 e. The topological polar surface area (TPSA) is 58.3 Å². The Labute approximate surface area is 89.9 Å². The molecule has 1 fully saturated rings. The highest BCUT2D eigenvalue weighted by atomic mass is 15.3. The van der Waals surface area contributed by atoms with Gasteiger partial charge < -0.3 is 15.5 Å². The minimum Gasteiger partial charge on any atom is -0.368 e. The van der Waals surface area contributed by atoms with Crippen molar-refractivity contribution in [2.45, 2.75) is 6.92 Å². The van der Waals surface area contributed by atoms with E-state index >= 15 is 0 Å². The monoisotopic (exact) mass is 207 g/mol. The lowest BCUT2D eigenvalue weighted by atomic mass is 10.3. The van der Waals surface area contributed by atoms with E-state index in [1.165, 1.54) is 0 Å². The number of hydrogen-bond donors (Lipinski definition) is 1. The summed E-state index contributed by atoms with van der Waals surface area (Å²) in [5.41, 5.74) is 6.52. The number of likely N-dealkylation sites (N-methyl/N-ethyl adjacent to an activating group) is 1. The number of nitrogens with two attached hydrogens (primary N) is 1. The summed E-state index contributed by atoms with van der Waals surface area (Å²) in [6, 6.07) is 0. The first-order valence-electron chi connectivity index (χ1n) is 5.34. The fourth-order valence-electron chi connectivity index (χ4n) is 1.82. The lowest BCUT2D eigenvalue weighted by molar-refractivity contribution is 0.271. The SMILES string of the molecule is CCN1CCN(c2cnc(N)nc2)CC1. The van der Waals surface area contributed by atoms with Crippen LogP contribution in [0.25, 0.3) is 0 Å². The molecule has 1 aromatic heterocycles. The minimum absolute atomic E-state index is 0.339. The van der Waals surface area contributed by atoms with Gasteiger partial charge in [-0.15, -0.1) is 0 Å². The third kappa shape index (κ3) is 2.36. The summed E-state index contributed by atoms with van der Waals surface area (Å²) >= 11 is 0. The van der Waals surface area contributed by atoms with Gasteiger partial charge in [0.1, 0.15) is 0 Å². The lowest BCUT2D eigenvalue weighted by Gasteiger charge is -2.35. The van der Waals surface area contributed by atoms with Crippen molar-refractivity contribution in [3.05, 3.63) is 12.4 Å². The predicted octanol–water partition coefficient (Wildman–Crippen LogP) is 0.201. The van der Waals surface area contributed by atoms with Crippen LogP contribution in [0, 0.1) is 0 Å². The molecule has 2 N–H and O–H groups in total. The summed E-state index contributed by atoms with van der Waals surface area (Å²) < 4.78 is 0. The van der Waals surface area contributed by atoms with Crippen molar-refractivity contribution in [3.8, 4) is 0 Å².